The quantitative estimate of drug-likeness (QED) is 0.723. The number of carbonyl (C=O) groups is 2. The normalized spacial score (nSPS) is 10.1. The van der Waals surface area contributed by atoms with Crippen molar-refractivity contribution in [2.24, 2.45) is 5.73 Å². The van der Waals surface area contributed by atoms with Crippen molar-refractivity contribution >= 4 is 17.6 Å². The first-order valence-electron chi connectivity index (χ1n) is 6.11. The summed E-state index contributed by atoms with van der Waals surface area (Å²) in [6.07, 6.45) is 0. The Balaban J connectivity index is 2.13. The molecule has 0 aliphatic carbocycles. The van der Waals surface area contributed by atoms with Gasteiger partial charge in [0.1, 0.15) is 17.9 Å². The van der Waals surface area contributed by atoms with Gasteiger partial charge in [0.15, 0.2) is 0 Å². The van der Waals surface area contributed by atoms with Gasteiger partial charge < -0.3 is 21.3 Å². The van der Waals surface area contributed by atoms with Crippen molar-refractivity contribution in [2.75, 3.05) is 5.73 Å². The number of rotatable bonds is 5. The fourth-order valence-electron chi connectivity index (χ4n) is 1.77. The topological polar surface area (TPSA) is 116 Å². The minimum absolute atomic E-state index is 0.00348. The predicted molar refractivity (Wildman–Crippen MR) is 77.1 cm³/mol. The number of ether oxygens (including phenoxy) is 1. The molecule has 1 amide bonds. The molecule has 0 heterocycles. The Hall–Kier alpha value is -3.02. The molecule has 6 heteroatoms. The molecule has 0 aromatic heterocycles. The molecule has 0 fully saturated rings. The number of amides is 1. The van der Waals surface area contributed by atoms with Gasteiger partial charge in [-0.05, 0) is 35.9 Å². The molecule has 2 aromatic carbocycles. The van der Waals surface area contributed by atoms with Gasteiger partial charge in [0.25, 0.3) is 0 Å². The summed E-state index contributed by atoms with van der Waals surface area (Å²) in [5, 5.41) is 9.10. The zero-order valence-electron chi connectivity index (χ0n) is 11.1. The lowest BCUT2D eigenvalue weighted by Crippen LogP contribution is -2.10. The maximum absolute atomic E-state index is 11.1. The Bertz CT molecular complexity index is 681. The zero-order valence-corrected chi connectivity index (χ0v) is 11.1. The number of anilines is 1. The van der Waals surface area contributed by atoms with Crippen LogP contribution in [0.25, 0.3) is 0 Å². The van der Waals surface area contributed by atoms with E-state index in [9.17, 15) is 9.59 Å². The van der Waals surface area contributed by atoms with Crippen LogP contribution in [0.1, 0.15) is 26.3 Å². The predicted octanol–water partition coefficient (Wildman–Crippen LogP) is 1.64. The highest BCUT2D eigenvalue weighted by molar-refractivity contribution is 5.93. The lowest BCUT2D eigenvalue weighted by Gasteiger charge is -2.10. The number of carbonyl (C=O) groups excluding carboxylic acids is 1. The lowest BCUT2D eigenvalue weighted by molar-refractivity contribution is 0.0691. The van der Waals surface area contributed by atoms with Gasteiger partial charge in [0.2, 0.25) is 5.91 Å². The van der Waals surface area contributed by atoms with Crippen molar-refractivity contribution in [3.63, 3.8) is 0 Å². The van der Waals surface area contributed by atoms with Gasteiger partial charge in [-0.2, -0.15) is 0 Å². The van der Waals surface area contributed by atoms with Gasteiger partial charge in [-0.1, -0.05) is 12.1 Å². The molecule has 108 valence electrons. The van der Waals surface area contributed by atoms with Crippen molar-refractivity contribution in [1.29, 1.82) is 0 Å². The Morgan fingerprint density at radius 3 is 2.33 bits per heavy atom. The first-order valence-corrected chi connectivity index (χ1v) is 6.11. The van der Waals surface area contributed by atoms with E-state index < -0.39 is 11.9 Å². The van der Waals surface area contributed by atoms with Crippen LogP contribution in [-0.4, -0.2) is 17.0 Å². The largest absolute Gasteiger partial charge is 0.488 e. The minimum atomic E-state index is -1.11. The molecule has 0 atom stereocenters. The number of nitrogen functional groups attached to an aromatic ring is 1. The summed E-state index contributed by atoms with van der Waals surface area (Å²) in [5.74, 6) is -1.38. The summed E-state index contributed by atoms with van der Waals surface area (Å²) >= 11 is 0. The molecule has 2 rings (SSSR count). The Kier molecular flexibility index (Phi) is 4.08. The fraction of sp³-hybridized carbons (Fsp3) is 0.0667. The second kappa shape index (κ2) is 5.96. The van der Waals surface area contributed by atoms with E-state index in [4.69, 9.17) is 21.3 Å². The van der Waals surface area contributed by atoms with E-state index in [1.165, 1.54) is 12.1 Å². The summed E-state index contributed by atoms with van der Waals surface area (Å²) < 4.78 is 5.49. The highest BCUT2D eigenvalue weighted by atomic mass is 16.5. The Morgan fingerprint density at radius 2 is 1.76 bits per heavy atom. The standard InChI is InChI=1S/C15H14N2O4/c16-11-5-6-13(12(7-11)15(19)20)21-8-9-1-3-10(4-2-9)14(17)18/h1-7H,8,16H2,(H2,17,18)(H,19,20). The van der Waals surface area contributed by atoms with Gasteiger partial charge >= 0.3 is 5.97 Å². The molecule has 5 N–H and O–H groups in total. The van der Waals surface area contributed by atoms with E-state index in [1.54, 1.807) is 30.3 Å². The SMILES string of the molecule is NC(=O)c1ccc(COc2ccc(N)cc2C(=O)O)cc1. The molecule has 0 aliphatic heterocycles. The highest BCUT2D eigenvalue weighted by Gasteiger charge is 2.12. The maximum Gasteiger partial charge on any atom is 0.339 e. The van der Waals surface area contributed by atoms with Crippen LogP contribution in [0, 0.1) is 0 Å². The number of carboxylic acid groups (broad SMARTS) is 1. The number of primary amides is 1. The molecule has 0 bridgehead atoms. The summed E-state index contributed by atoms with van der Waals surface area (Å²) in [6, 6.07) is 11.0. The van der Waals surface area contributed by atoms with Crippen LogP contribution in [-0.2, 0) is 6.61 Å². The smallest absolute Gasteiger partial charge is 0.339 e. The Labute approximate surface area is 120 Å². The summed E-state index contributed by atoms with van der Waals surface area (Å²) in [6.45, 7) is 0.170. The first-order chi connectivity index (χ1) is 9.97. The van der Waals surface area contributed by atoms with Crippen LogP contribution in [0.3, 0.4) is 0 Å². The summed E-state index contributed by atoms with van der Waals surface area (Å²) in [7, 11) is 0. The number of hydrogen-bond donors (Lipinski definition) is 3. The molecule has 0 saturated heterocycles. The van der Waals surface area contributed by atoms with Gasteiger partial charge in [0, 0.05) is 11.3 Å². The average molecular weight is 286 g/mol. The first kappa shape index (κ1) is 14.4. The fourth-order valence-corrected chi connectivity index (χ4v) is 1.77. The van der Waals surface area contributed by atoms with Crippen LogP contribution in [0.5, 0.6) is 5.75 Å². The van der Waals surface area contributed by atoms with Crippen molar-refractivity contribution in [3.05, 3.63) is 59.2 Å². The monoisotopic (exact) mass is 286 g/mol. The van der Waals surface area contributed by atoms with E-state index in [0.717, 1.165) is 5.56 Å². The maximum atomic E-state index is 11.1. The minimum Gasteiger partial charge on any atom is -0.488 e. The molecule has 0 unspecified atom stereocenters. The van der Waals surface area contributed by atoms with Crippen molar-refractivity contribution in [1.82, 2.24) is 0 Å². The van der Waals surface area contributed by atoms with Gasteiger partial charge in [0.05, 0.1) is 0 Å². The summed E-state index contributed by atoms with van der Waals surface area (Å²) in [4.78, 5) is 22.1. The third-order valence-electron chi connectivity index (χ3n) is 2.87. The molecule has 0 aliphatic rings. The van der Waals surface area contributed by atoms with Gasteiger partial charge in [-0.15, -0.1) is 0 Å². The van der Waals surface area contributed by atoms with E-state index in [-0.39, 0.29) is 17.9 Å². The third kappa shape index (κ3) is 3.50. The van der Waals surface area contributed by atoms with Crippen LogP contribution < -0.4 is 16.2 Å². The number of hydrogen-bond acceptors (Lipinski definition) is 4. The van der Waals surface area contributed by atoms with Crippen LogP contribution >= 0.6 is 0 Å². The van der Waals surface area contributed by atoms with Crippen molar-refractivity contribution in [2.45, 2.75) is 6.61 Å². The molecule has 0 saturated carbocycles. The number of benzene rings is 2. The van der Waals surface area contributed by atoms with E-state index >= 15 is 0 Å². The molecule has 0 spiro atoms. The molecule has 0 radical (unpaired) electrons. The second-order valence-corrected chi connectivity index (χ2v) is 4.41. The molecular formula is C15H14N2O4. The average Bonchev–Trinajstić information content (AvgIpc) is 2.46. The third-order valence-corrected chi connectivity index (χ3v) is 2.87. The van der Waals surface area contributed by atoms with E-state index in [2.05, 4.69) is 0 Å². The number of nitrogens with two attached hydrogens (primary N) is 2. The van der Waals surface area contributed by atoms with Crippen LogP contribution in [0.15, 0.2) is 42.5 Å². The molecule has 2 aromatic rings. The number of aromatic carboxylic acids is 1. The van der Waals surface area contributed by atoms with E-state index in [0.29, 0.717) is 11.3 Å². The second-order valence-electron chi connectivity index (χ2n) is 4.41. The lowest BCUT2D eigenvalue weighted by atomic mass is 10.1. The van der Waals surface area contributed by atoms with E-state index in [1.807, 2.05) is 0 Å². The molecule has 21 heavy (non-hydrogen) atoms. The summed E-state index contributed by atoms with van der Waals surface area (Å²) in [5.41, 5.74) is 12.2. The molecule has 6 nitrogen and oxygen atoms in total. The number of carboxylic acids is 1. The highest BCUT2D eigenvalue weighted by Crippen LogP contribution is 2.22. The van der Waals surface area contributed by atoms with Crippen LogP contribution in [0.2, 0.25) is 0 Å². The zero-order chi connectivity index (χ0) is 15.4. The van der Waals surface area contributed by atoms with Crippen molar-refractivity contribution < 1.29 is 19.4 Å². The molecular weight excluding hydrogens is 272 g/mol. The van der Waals surface area contributed by atoms with Crippen molar-refractivity contribution in [3.8, 4) is 5.75 Å². The van der Waals surface area contributed by atoms with Gasteiger partial charge in [-0.3, -0.25) is 4.79 Å². The van der Waals surface area contributed by atoms with Gasteiger partial charge in [-0.25, -0.2) is 4.79 Å². The Morgan fingerprint density at radius 1 is 1.10 bits per heavy atom. The van der Waals surface area contributed by atoms with Crippen LogP contribution in [0.4, 0.5) is 5.69 Å².